The molecule has 1 heterocycles. The van der Waals surface area contributed by atoms with E-state index in [4.69, 9.17) is 16.6 Å². The van der Waals surface area contributed by atoms with Crippen LogP contribution in [0.2, 0.25) is 0 Å². The lowest BCUT2D eigenvalue weighted by molar-refractivity contribution is 0.0691. The molecule has 0 spiro atoms. The quantitative estimate of drug-likeness (QED) is 0.653. The minimum Gasteiger partial charge on any atom is -0.476 e. The fraction of sp³-hybridized carbons (Fsp3) is 0.111. The SMILES string of the molecule is Cc1ccccc1C(N)=O.Nc1c(C(=O)O)nnn1Cc1ccccc1. The van der Waals surface area contributed by atoms with Crippen molar-refractivity contribution in [1.29, 1.82) is 0 Å². The monoisotopic (exact) mass is 353 g/mol. The van der Waals surface area contributed by atoms with Gasteiger partial charge in [-0.25, -0.2) is 9.48 Å². The maximum Gasteiger partial charge on any atom is 0.360 e. The number of carbonyl (C=O) groups is 2. The second-order valence-electron chi connectivity index (χ2n) is 5.45. The molecule has 0 unspecified atom stereocenters. The Bertz CT molecular complexity index is 906. The lowest BCUT2D eigenvalue weighted by Gasteiger charge is -2.02. The lowest BCUT2D eigenvalue weighted by Crippen LogP contribution is -2.12. The van der Waals surface area contributed by atoms with E-state index in [0.29, 0.717) is 12.1 Å². The first-order chi connectivity index (χ1) is 12.4. The highest BCUT2D eigenvalue weighted by Gasteiger charge is 2.15. The zero-order chi connectivity index (χ0) is 19.1. The van der Waals surface area contributed by atoms with Crippen LogP contribution in [-0.4, -0.2) is 32.0 Å². The van der Waals surface area contributed by atoms with Gasteiger partial charge in [0, 0.05) is 5.56 Å². The Morgan fingerprint density at radius 2 is 1.69 bits per heavy atom. The normalized spacial score (nSPS) is 9.88. The molecular formula is C18H19N5O3. The standard InChI is InChI=1S/C10H10N4O2.C8H9NO/c11-9-8(10(15)16)12-13-14(9)6-7-4-2-1-3-5-7;1-6-4-2-3-5-7(6)8(9)10/h1-5H,6,11H2,(H,15,16);2-5H,1H3,(H2,9,10). The van der Waals surface area contributed by atoms with Crippen molar-refractivity contribution >= 4 is 17.7 Å². The predicted octanol–water partition coefficient (Wildman–Crippen LogP) is 1.70. The first-order valence-corrected chi connectivity index (χ1v) is 7.71. The molecule has 0 aliphatic heterocycles. The summed E-state index contributed by atoms with van der Waals surface area (Å²) in [6, 6.07) is 16.7. The Labute approximate surface area is 150 Å². The second kappa shape index (κ2) is 8.43. The molecule has 134 valence electrons. The number of aryl methyl sites for hydroxylation is 1. The van der Waals surface area contributed by atoms with Crippen molar-refractivity contribution in [2.24, 2.45) is 5.73 Å². The van der Waals surface area contributed by atoms with Gasteiger partial charge in [0.25, 0.3) is 0 Å². The summed E-state index contributed by atoms with van der Waals surface area (Å²) in [7, 11) is 0. The molecule has 0 aliphatic carbocycles. The molecule has 0 radical (unpaired) electrons. The molecule has 0 saturated heterocycles. The third-order valence-corrected chi connectivity index (χ3v) is 3.56. The van der Waals surface area contributed by atoms with E-state index in [9.17, 15) is 9.59 Å². The molecule has 1 amide bonds. The van der Waals surface area contributed by atoms with Crippen LogP contribution in [0, 0.1) is 6.92 Å². The van der Waals surface area contributed by atoms with E-state index in [2.05, 4.69) is 10.3 Å². The van der Waals surface area contributed by atoms with Gasteiger partial charge in [0.05, 0.1) is 6.54 Å². The molecule has 1 aromatic heterocycles. The van der Waals surface area contributed by atoms with Crippen molar-refractivity contribution < 1.29 is 14.7 Å². The molecular weight excluding hydrogens is 334 g/mol. The highest BCUT2D eigenvalue weighted by molar-refractivity contribution is 5.94. The molecule has 8 nitrogen and oxygen atoms in total. The van der Waals surface area contributed by atoms with Crippen molar-refractivity contribution in [3.63, 3.8) is 0 Å². The first kappa shape index (κ1) is 18.7. The van der Waals surface area contributed by atoms with Crippen LogP contribution < -0.4 is 11.5 Å². The van der Waals surface area contributed by atoms with E-state index in [0.717, 1.165) is 11.1 Å². The number of nitrogen functional groups attached to an aromatic ring is 1. The summed E-state index contributed by atoms with van der Waals surface area (Å²) < 4.78 is 1.36. The molecule has 3 aromatic rings. The summed E-state index contributed by atoms with van der Waals surface area (Å²) >= 11 is 0. The molecule has 0 bridgehead atoms. The van der Waals surface area contributed by atoms with E-state index in [1.54, 1.807) is 12.1 Å². The number of aromatic nitrogens is 3. The van der Waals surface area contributed by atoms with Crippen LogP contribution in [-0.2, 0) is 6.54 Å². The van der Waals surface area contributed by atoms with E-state index in [-0.39, 0.29) is 17.4 Å². The van der Waals surface area contributed by atoms with Crippen LogP contribution in [0.1, 0.15) is 32.0 Å². The number of aromatic carboxylic acids is 1. The van der Waals surface area contributed by atoms with Gasteiger partial charge in [-0.05, 0) is 24.1 Å². The van der Waals surface area contributed by atoms with Crippen molar-refractivity contribution in [3.8, 4) is 0 Å². The summed E-state index contributed by atoms with van der Waals surface area (Å²) in [5, 5.41) is 15.9. The van der Waals surface area contributed by atoms with Gasteiger partial charge in [-0.3, -0.25) is 4.79 Å². The maximum atomic E-state index is 10.7. The van der Waals surface area contributed by atoms with Crippen molar-refractivity contribution in [2.75, 3.05) is 5.73 Å². The summed E-state index contributed by atoms with van der Waals surface area (Å²) in [6.07, 6.45) is 0. The van der Waals surface area contributed by atoms with Gasteiger partial charge in [-0.2, -0.15) is 0 Å². The molecule has 0 atom stereocenters. The highest BCUT2D eigenvalue weighted by atomic mass is 16.4. The number of benzene rings is 2. The maximum absolute atomic E-state index is 10.7. The number of primary amides is 1. The van der Waals surface area contributed by atoms with Gasteiger partial charge in [0.1, 0.15) is 0 Å². The highest BCUT2D eigenvalue weighted by Crippen LogP contribution is 2.10. The minimum absolute atomic E-state index is 0.0661. The number of carboxylic acids is 1. The molecule has 5 N–H and O–H groups in total. The Morgan fingerprint density at radius 3 is 2.19 bits per heavy atom. The van der Waals surface area contributed by atoms with Crippen LogP contribution in [0.15, 0.2) is 54.6 Å². The number of nitrogens with zero attached hydrogens (tertiary/aromatic N) is 3. The molecule has 3 rings (SSSR count). The number of hydrogen-bond acceptors (Lipinski definition) is 5. The van der Waals surface area contributed by atoms with Crippen LogP contribution in [0.5, 0.6) is 0 Å². The summed E-state index contributed by atoms with van der Waals surface area (Å²) in [6.45, 7) is 2.27. The zero-order valence-corrected chi connectivity index (χ0v) is 14.2. The summed E-state index contributed by atoms with van der Waals surface area (Å²) in [4.78, 5) is 21.3. The van der Waals surface area contributed by atoms with E-state index < -0.39 is 5.97 Å². The van der Waals surface area contributed by atoms with Crippen LogP contribution >= 0.6 is 0 Å². The second-order valence-corrected chi connectivity index (χ2v) is 5.45. The van der Waals surface area contributed by atoms with E-state index in [1.165, 1.54) is 4.68 Å². The Hall–Kier alpha value is -3.68. The first-order valence-electron chi connectivity index (χ1n) is 7.71. The zero-order valence-electron chi connectivity index (χ0n) is 14.2. The van der Waals surface area contributed by atoms with Crippen LogP contribution in [0.3, 0.4) is 0 Å². The number of carboxylic acid groups (broad SMARTS) is 1. The number of amides is 1. The van der Waals surface area contributed by atoms with Gasteiger partial charge in [0.15, 0.2) is 5.82 Å². The van der Waals surface area contributed by atoms with Crippen LogP contribution in [0.4, 0.5) is 5.82 Å². The molecule has 8 heteroatoms. The number of hydrogen-bond donors (Lipinski definition) is 3. The van der Waals surface area contributed by atoms with Crippen molar-refractivity contribution in [2.45, 2.75) is 13.5 Å². The number of rotatable bonds is 4. The third kappa shape index (κ3) is 4.67. The molecule has 2 aromatic carbocycles. The lowest BCUT2D eigenvalue weighted by atomic mass is 10.1. The molecule has 0 saturated carbocycles. The molecule has 0 aliphatic rings. The van der Waals surface area contributed by atoms with Crippen LogP contribution in [0.25, 0.3) is 0 Å². The Kier molecular flexibility index (Phi) is 6.05. The third-order valence-electron chi connectivity index (χ3n) is 3.56. The van der Waals surface area contributed by atoms with Gasteiger partial charge >= 0.3 is 5.97 Å². The molecule has 0 fully saturated rings. The Morgan fingerprint density at radius 1 is 1.08 bits per heavy atom. The predicted molar refractivity (Wildman–Crippen MR) is 96.6 cm³/mol. The molecule has 26 heavy (non-hydrogen) atoms. The fourth-order valence-corrected chi connectivity index (χ4v) is 2.20. The number of carbonyl (C=O) groups excluding carboxylic acids is 1. The minimum atomic E-state index is -1.17. The largest absolute Gasteiger partial charge is 0.476 e. The average Bonchev–Trinajstić information content (AvgIpc) is 2.97. The Balaban J connectivity index is 0.000000209. The average molecular weight is 353 g/mol. The fourth-order valence-electron chi connectivity index (χ4n) is 2.20. The topological polar surface area (TPSA) is 137 Å². The van der Waals surface area contributed by atoms with E-state index >= 15 is 0 Å². The summed E-state index contributed by atoms with van der Waals surface area (Å²) in [5.74, 6) is -1.47. The van der Waals surface area contributed by atoms with Gasteiger partial charge in [-0.15, -0.1) is 5.10 Å². The number of nitrogens with two attached hydrogens (primary N) is 2. The van der Waals surface area contributed by atoms with Gasteiger partial charge in [0.2, 0.25) is 11.6 Å². The van der Waals surface area contributed by atoms with Crippen molar-refractivity contribution in [1.82, 2.24) is 15.0 Å². The van der Waals surface area contributed by atoms with Crippen molar-refractivity contribution in [3.05, 3.63) is 77.0 Å². The van der Waals surface area contributed by atoms with Gasteiger partial charge in [-0.1, -0.05) is 53.7 Å². The summed E-state index contributed by atoms with van der Waals surface area (Å²) in [5.41, 5.74) is 13.0. The van der Waals surface area contributed by atoms with Gasteiger partial charge < -0.3 is 16.6 Å². The van der Waals surface area contributed by atoms with E-state index in [1.807, 2.05) is 49.4 Å². The smallest absolute Gasteiger partial charge is 0.360 e. The number of anilines is 1.